The van der Waals surface area contributed by atoms with Crippen LogP contribution in [0.2, 0.25) is 0 Å². The summed E-state index contributed by atoms with van der Waals surface area (Å²) in [5.41, 5.74) is -1.02. The van der Waals surface area contributed by atoms with E-state index in [-0.39, 0.29) is 12.2 Å². The van der Waals surface area contributed by atoms with Crippen molar-refractivity contribution in [2.75, 3.05) is 120 Å². The molecule has 0 saturated heterocycles. The average Bonchev–Trinajstić information content (AvgIpc) is 2.86. The van der Waals surface area contributed by atoms with Crippen LogP contribution in [0.1, 0.15) is 41.5 Å². The Hall–Kier alpha value is -1.74. The van der Waals surface area contributed by atoms with E-state index in [9.17, 15) is 9.59 Å². The third-order valence-corrected chi connectivity index (χ3v) is 4.78. The number of amides is 2. The smallest absolute Gasteiger partial charge is 0.410 e. The summed E-state index contributed by atoms with van der Waals surface area (Å²) in [5, 5.41) is 0. The van der Waals surface area contributed by atoms with Gasteiger partial charge in [0.15, 0.2) is 0 Å². The highest BCUT2D eigenvalue weighted by Gasteiger charge is 2.20. The molecular weight excluding hydrogens is 540 g/mol. The molecule has 0 aliphatic heterocycles. The van der Waals surface area contributed by atoms with Crippen LogP contribution in [-0.2, 0) is 42.6 Å². The highest BCUT2D eigenvalue weighted by molar-refractivity contribution is 5.68. The first-order chi connectivity index (χ1) is 19.3. The Morgan fingerprint density at radius 3 is 0.805 bits per heavy atom. The summed E-state index contributed by atoms with van der Waals surface area (Å²) in [4.78, 5) is 26.6. The van der Waals surface area contributed by atoms with Crippen molar-refractivity contribution in [3.8, 4) is 0 Å². The van der Waals surface area contributed by atoms with Gasteiger partial charge >= 0.3 is 12.2 Å². The van der Waals surface area contributed by atoms with E-state index in [0.717, 1.165) is 0 Å². The second-order valence-corrected chi connectivity index (χ2v) is 11.1. The van der Waals surface area contributed by atoms with E-state index >= 15 is 0 Å². The van der Waals surface area contributed by atoms with Gasteiger partial charge in [-0.05, 0) is 41.5 Å². The number of carbonyl (C=O) groups is 2. The largest absolute Gasteiger partial charge is 0.444 e. The summed E-state index contributed by atoms with van der Waals surface area (Å²) in [6.45, 7) is 18.3. The molecule has 41 heavy (non-hydrogen) atoms. The van der Waals surface area contributed by atoms with Crippen LogP contribution < -0.4 is 0 Å². The van der Waals surface area contributed by atoms with Gasteiger partial charge in [-0.25, -0.2) is 9.59 Å². The van der Waals surface area contributed by atoms with Gasteiger partial charge in [0.25, 0.3) is 0 Å². The number of rotatable bonds is 24. The zero-order chi connectivity index (χ0) is 31.0. The van der Waals surface area contributed by atoms with Gasteiger partial charge < -0.3 is 52.4 Å². The molecule has 0 aromatic heterocycles. The Morgan fingerprint density at radius 2 is 0.610 bits per heavy atom. The van der Waals surface area contributed by atoms with Crippen molar-refractivity contribution in [3.63, 3.8) is 0 Å². The quantitative estimate of drug-likeness (QED) is 0.153. The SMILES string of the molecule is CN(CCOCCOCCOCCOCCOCCOCCOCCN(C)C(=O)OC(C)(C)C)C(=O)OC(C)(C)C. The summed E-state index contributed by atoms with van der Waals surface area (Å²) >= 11 is 0. The highest BCUT2D eigenvalue weighted by Crippen LogP contribution is 2.09. The van der Waals surface area contributed by atoms with Crippen molar-refractivity contribution in [1.29, 1.82) is 0 Å². The van der Waals surface area contributed by atoms with Crippen LogP contribution in [0.5, 0.6) is 0 Å². The van der Waals surface area contributed by atoms with Gasteiger partial charge in [0.2, 0.25) is 0 Å². The van der Waals surface area contributed by atoms with Gasteiger partial charge in [-0.15, -0.1) is 0 Å². The zero-order valence-electron chi connectivity index (χ0n) is 26.7. The van der Waals surface area contributed by atoms with Crippen LogP contribution in [0.4, 0.5) is 9.59 Å². The lowest BCUT2D eigenvalue weighted by Gasteiger charge is -2.24. The number of hydrogen-bond acceptors (Lipinski definition) is 11. The van der Waals surface area contributed by atoms with E-state index in [1.165, 1.54) is 9.80 Å². The van der Waals surface area contributed by atoms with Crippen molar-refractivity contribution in [3.05, 3.63) is 0 Å². The molecule has 0 aromatic rings. The van der Waals surface area contributed by atoms with Crippen molar-refractivity contribution in [2.45, 2.75) is 52.7 Å². The molecule has 0 spiro atoms. The fourth-order valence-electron chi connectivity index (χ4n) is 2.69. The Bertz CT molecular complexity index is 600. The predicted molar refractivity (Wildman–Crippen MR) is 153 cm³/mol. The molecule has 13 nitrogen and oxygen atoms in total. The maximum atomic E-state index is 11.8. The molecule has 13 heteroatoms. The molecule has 244 valence electrons. The predicted octanol–water partition coefficient (Wildman–Crippen LogP) is 2.84. The van der Waals surface area contributed by atoms with Gasteiger partial charge in [-0.2, -0.15) is 0 Å². The molecule has 0 unspecified atom stereocenters. The second kappa shape index (κ2) is 23.8. The monoisotopic (exact) mass is 596 g/mol. The number of carbonyl (C=O) groups excluding carboxylic acids is 2. The molecule has 0 rings (SSSR count). The topological polar surface area (TPSA) is 124 Å². The van der Waals surface area contributed by atoms with E-state index in [0.29, 0.717) is 106 Å². The Kier molecular flexibility index (Phi) is 22.8. The third-order valence-electron chi connectivity index (χ3n) is 4.78. The summed E-state index contributed by atoms with van der Waals surface area (Å²) in [5.74, 6) is 0. The maximum absolute atomic E-state index is 11.8. The van der Waals surface area contributed by atoms with Gasteiger partial charge in [0, 0.05) is 27.2 Å². The van der Waals surface area contributed by atoms with Crippen LogP contribution in [0.15, 0.2) is 0 Å². The first-order valence-corrected chi connectivity index (χ1v) is 14.2. The minimum Gasteiger partial charge on any atom is -0.444 e. The van der Waals surface area contributed by atoms with E-state index in [2.05, 4.69) is 0 Å². The highest BCUT2D eigenvalue weighted by atomic mass is 16.6. The minimum atomic E-state index is -0.511. The lowest BCUT2D eigenvalue weighted by atomic mass is 10.2. The van der Waals surface area contributed by atoms with Crippen LogP contribution in [0, 0.1) is 0 Å². The third kappa shape index (κ3) is 28.2. The van der Waals surface area contributed by atoms with Gasteiger partial charge in [-0.1, -0.05) is 0 Å². The molecule has 0 aliphatic carbocycles. The van der Waals surface area contributed by atoms with Crippen LogP contribution in [-0.4, -0.2) is 153 Å². The molecule has 0 atom stereocenters. The lowest BCUT2D eigenvalue weighted by molar-refractivity contribution is -0.0219. The Balaban J connectivity index is 3.29. The molecule has 0 aromatic carbocycles. The molecule has 0 heterocycles. The summed E-state index contributed by atoms with van der Waals surface area (Å²) < 4.78 is 48.8. The normalized spacial score (nSPS) is 11.9. The van der Waals surface area contributed by atoms with Crippen molar-refractivity contribution in [2.24, 2.45) is 0 Å². The van der Waals surface area contributed by atoms with E-state index in [1.807, 2.05) is 41.5 Å². The average molecular weight is 597 g/mol. The van der Waals surface area contributed by atoms with Crippen LogP contribution in [0.3, 0.4) is 0 Å². The standard InChI is InChI=1S/C28H56N2O11/c1-27(2,3)40-25(31)29(7)9-11-33-13-15-35-17-19-37-21-23-39-24-22-38-20-18-36-16-14-34-12-10-30(8)26(32)41-28(4,5)6/h9-24H2,1-8H3. The molecule has 0 N–H and O–H groups in total. The lowest BCUT2D eigenvalue weighted by Crippen LogP contribution is -2.36. The Morgan fingerprint density at radius 1 is 0.415 bits per heavy atom. The van der Waals surface area contributed by atoms with Crippen molar-refractivity contribution >= 4 is 12.2 Å². The minimum absolute atomic E-state index is 0.367. The van der Waals surface area contributed by atoms with Crippen LogP contribution >= 0.6 is 0 Å². The van der Waals surface area contributed by atoms with E-state index < -0.39 is 11.2 Å². The van der Waals surface area contributed by atoms with E-state index in [4.69, 9.17) is 42.6 Å². The first kappa shape index (κ1) is 39.3. The van der Waals surface area contributed by atoms with Gasteiger partial charge in [-0.3, -0.25) is 0 Å². The van der Waals surface area contributed by atoms with Gasteiger partial charge in [0.05, 0.1) is 92.5 Å². The maximum Gasteiger partial charge on any atom is 0.410 e. The Labute approximate surface area is 246 Å². The number of nitrogens with zero attached hydrogens (tertiary/aromatic N) is 2. The molecule has 0 saturated carbocycles. The summed E-state index contributed by atoms with van der Waals surface area (Å²) in [6.07, 6.45) is -0.733. The van der Waals surface area contributed by atoms with Crippen LogP contribution in [0.25, 0.3) is 0 Å². The molecule has 0 aliphatic rings. The molecule has 2 amide bonds. The van der Waals surface area contributed by atoms with E-state index in [1.54, 1.807) is 14.1 Å². The zero-order valence-corrected chi connectivity index (χ0v) is 26.7. The summed E-state index contributed by atoms with van der Waals surface area (Å²) in [6, 6.07) is 0. The second-order valence-electron chi connectivity index (χ2n) is 11.1. The molecule has 0 fully saturated rings. The number of likely N-dealkylation sites (N-methyl/N-ethyl adjacent to an activating group) is 2. The fourth-order valence-corrected chi connectivity index (χ4v) is 2.69. The molecule has 0 radical (unpaired) electrons. The summed E-state index contributed by atoms with van der Waals surface area (Å²) in [7, 11) is 3.36. The van der Waals surface area contributed by atoms with Gasteiger partial charge in [0.1, 0.15) is 11.2 Å². The fraction of sp³-hybridized carbons (Fsp3) is 0.929. The van der Waals surface area contributed by atoms with Crippen molar-refractivity contribution < 1.29 is 52.2 Å². The molecular formula is C28H56N2O11. The molecule has 0 bridgehead atoms. The first-order valence-electron chi connectivity index (χ1n) is 14.2. The van der Waals surface area contributed by atoms with Crippen molar-refractivity contribution in [1.82, 2.24) is 9.80 Å². The number of ether oxygens (including phenoxy) is 9. The number of hydrogen-bond donors (Lipinski definition) is 0.